The molecule has 2 N–H and O–H groups in total. The van der Waals surface area contributed by atoms with Crippen LogP contribution in [0.2, 0.25) is 10.0 Å². The Morgan fingerprint density at radius 3 is 2.41 bits per heavy atom. The Bertz CT molecular complexity index is 935. The summed E-state index contributed by atoms with van der Waals surface area (Å²) in [6.07, 6.45) is -0.0907. The van der Waals surface area contributed by atoms with E-state index in [0.29, 0.717) is 27.2 Å². The fraction of sp³-hybridized carbons (Fsp3) is 0.235. The van der Waals surface area contributed by atoms with Gasteiger partial charge in [-0.05, 0) is 24.3 Å². The second kappa shape index (κ2) is 9.27. The van der Waals surface area contributed by atoms with Crippen molar-refractivity contribution in [3.05, 3.63) is 46.4 Å². The lowest BCUT2D eigenvalue weighted by molar-refractivity contribution is -0.116. The quantitative estimate of drug-likeness (QED) is 0.666. The standard InChI is InChI=1S/C17H18Cl2N2O5S/c1-25-15-10-16(26-2)14(9-13(15)19)21-17(22)6-7-20-27(23,24)12-5-3-4-11(18)8-12/h3-5,8-10,20H,6-7H2,1-2H3,(H,21,22). The van der Waals surface area contributed by atoms with E-state index in [2.05, 4.69) is 10.0 Å². The van der Waals surface area contributed by atoms with Gasteiger partial charge < -0.3 is 14.8 Å². The predicted octanol–water partition coefficient (Wildman–Crippen LogP) is 3.32. The first-order valence-electron chi connectivity index (χ1n) is 7.73. The fourth-order valence-corrected chi connectivity index (χ4v) is 3.76. The third-order valence-electron chi connectivity index (χ3n) is 3.50. The van der Waals surface area contributed by atoms with E-state index in [-0.39, 0.29) is 17.9 Å². The van der Waals surface area contributed by atoms with Crippen molar-refractivity contribution in [2.24, 2.45) is 0 Å². The highest BCUT2D eigenvalue weighted by molar-refractivity contribution is 7.89. The molecular weight excluding hydrogens is 415 g/mol. The maximum atomic E-state index is 12.2. The van der Waals surface area contributed by atoms with Crippen LogP contribution in [0.1, 0.15) is 6.42 Å². The van der Waals surface area contributed by atoms with E-state index in [4.69, 9.17) is 32.7 Å². The van der Waals surface area contributed by atoms with Crippen LogP contribution in [-0.4, -0.2) is 35.1 Å². The van der Waals surface area contributed by atoms with Gasteiger partial charge in [-0.3, -0.25) is 4.79 Å². The molecular formula is C17H18Cl2N2O5S. The first-order valence-corrected chi connectivity index (χ1v) is 9.97. The molecule has 10 heteroatoms. The highest BCUT2D eigenvalue weighted by atomic mass is 35.5. The van der Waals surface area contributed by atoms with Crippen molar-refractivity contribution >= 4 is 44.8 Å². The molecule has 0 saturated carbocycles. The Labute approximate surface area is 167 Å². The lowest BCUT2D eigenvalue weighted by Crippen LogP contribution is -2.27. The summed E-state index contributed by atoms with van der Waals surface area (Å²) in [7, 11) is -0.851. The molecule has 0 fully saturated rings. The van der Waals surface area contributed by atoms with E-state index < -0.39 is 15.9 Å². The van der Waals surface area contributed by atoms with Gasteiger partial charge in [0, 0.05) is 24.1 Å². The number of benzene rings is 2. The van der Waals surface area contributed by atoms with E-state index in [1.165, 1.54) is 38.5 Å². The molecule has 2 rings (SSSR count). The zero-order valence-electron chi connectivity index (χ0n) is 14.6. The molecule has 0 spiro atoms. The summed E-state index contributed by atoms with van der Waals surface area (Å²) in [5.41, 5.74) is 0.353. The van der Waals surface area contributed by atoms with Gasteiger partial charge in [0.05, 0.1) is 29.8 Å². The molecule has 0 bridgehead atoms. The fourth-order valence-electron chi connectivity index (χ4n) is 2.19. The van der Waals surface area contributed by atoms with Crippen molar-refractivity contribution < 1.29 is 22.7 Å². The van der Waals surface area contributed by atoms with Crippen LogP contribution in [0.25, 0.3) is 0 Å². The van der Waals surface area contributed by atoms with Crippen molar-refractivity contribution in [1.29, 1.82) is 0 Å². The molecule has 2 aromatic carbocycles. The van der Waals surface area contributed by atoms with Gasteiger partial charge in [-0.15, -0.1) is 0 Å². The number of hydrogen-bond donors (Lipinski definition) is 2. The number of methoxy groups -OCH3 is 2. The number of carbonyl (C=O) groups is 1. The molecule has 0 aromatic heterocycles. The Kier molecular flexibility index (Phi) is 7.32. The van der Waals surface area contributed by atoms with Crippen molar-refractivity contribution in [3.63, 3.8) is 0 Å². The minimum Gasteiger partial charge on any atom is -0.495 e. The molecule has 1 amide bonds. The third-order valence-corrected chi connectivity index (χ3v) is 5.49. The second-order valence-electron chi connectivity index (χ2n) is 5.34. The van der Waals surface area contributed by atoms with Crippen LogP contribution < -0.4 is 19.5 Å². The summed E-state index contributed by atoms with van der Waals surface area (Å²) in [5.74, 6) is 0.355. The molecule has 0 aliphatic rings. The highest BCUT2D eigenvalue weighted by Crippen LogP contribution is 2.35. The van der Waals surface area contributed by atoms with Crippen LogP contribution in [0.5, 0.6) is 11.5 Å². The average molecular weight is 433 g/mol. The Morgan fingerprint density at radius 2 is 1.78 bits per heavy atom. The summed E-state index contributed by atoms with van der Waals surface area (Å²) >= 11 is 11.9. The summed E-state index contributed by atoms with van der Waals surface area (Å²) in [5, 5.41) is 3.23. The molecule has 0 saturated heterocycles. The number of halogens is 2. The van der Waals surface area contributed by atoms with Crippen LogP contribution >= 0.6 is 23.2 Å². The Hall–Kier alpha value is -2.00. The van der Waals surface area contributed by atoms with Gasteiger partial charge in [0.2, 0.25) is 15.9 Å². The van der Waals surface area contributed by atoms with Gasteiger partial charge in [0.25, 0.3) is 0 Å². The molecule has 146 valence electrons. The van der Waals surface area contributed by atoms with E-state index in [0.717, 1.165) is 0 Å². The lowest BCUT2D eigenvalue weighted by atomic mass is 10.2. The molecule has 0 radical (unpaired) electrons. The number of rotatable bonds is 8. The van der Waals surface area contributed by atoms with Crippen LogP contribution in [-0.2, 0) is 14.8 Å². The normalized spacial score (nSPS) is 11.1. The maximum absolute atomic E-state index is 12.2. The van der Waals surface area contributed by atoms with Crippen molar-refractivity contribution in [2.45, 2.75) is 11.3 Å². The molecule has 0 unspecified atom stereocenters. The highest BCUT2D eigenvalue weighted by Gasteiger charge is 2.16. The van der Waals surface area contributed by atoms with Crippen LogP contribution in [0.3, 0.4) is 0 Å². The number of hydrogen-bond acceptors (Lipinski definition) is 5. The number of ether oxygens (including phenoxy) is 2. The van der Waals surface area contributed by atoms with Crippen molar-refractivity contribution in [3.8, 4) is 11.5 Å². The SMILES string of the molecule is COc1cc(OC)c(NC(=O)CCNS(=O)(=O)c2cccc(Cl)c2)cc1Cl. The Morgan fingerprint density at radius 1 is 1.07 bits per heavy atom. The Balaban J connectivity index is 1.98. The first-order chi connectivity index (χ1) is 12.8. The molecule has 0 heterocycles. The van der Waals surface area contributed by atoms with Gasteiger partial charge in [0.15, 0.2) is 0 Å². The van der Waals surface area contributed by atoms with Crippen LogP contribution in [0.4, 0.5) is 5.69 Å². The predicted molar refractivity (Wildman–Crippen MR) is 104 cm³/mol. The monoisotopic (exact) mass is 432 g/mol. The van der Waals surface area contributed by atoms with E-state index in [1.54, 1.807) is 12.1 Å². The van der Waals surface area contributed by atoms with Gasteiger partial charge in [-0.2, -0.15) is 0 Å². The summed E-state index contributed by atoms with van der Waals surface area (Å²) in [6, 6.07) is 8.88. The zero-order valence-corrected chi connectivity index (χ0v) is 16.9. The number of anilines is 1. The maximum Gasteiger partial charge on any atom is 0.240 e. The largest absolute Gasteiger partial charge is 0.495 e. The minimum atomic E-state index is -3.76. The molecule has 27 heavy (non-hydrogen) atoms. The van der Waals surface area contributed by atoms with Crippen LogP contribution in [0.15, 0.2) is 41.3 Å². The van der Waals surface area contributed by atoms with Gasteiger partial charge >= 0.3 is 0 Å². The average Bonchev–Trinajstić information content (AvgIpc) is 2.62. The summed E-state index contributed by atoms with van der Waals surface area (Å²) < 4.78 is 37.0. The van der Waals surface area contributed by atoms with E-state index >= 15 is 0 Å². The number of sulfonamides is 1. The van der Waals surface area contributed by atoms with Gasteiger partial charge in [-0.25, -0.2) is 13.1 Å². The second-order valence-corrected chi connectivity index (χ2v) is 7.95. The van der Waals surface area contributed by atoms with Crippen LogP contribution in [0, 0.1) is 0 Å². The zero-order chi connectivity index (χ0) is 20.0. The third kappa shape index (κ3) is 5.74. The summed E-state index contributed by atoms with van der Waals surface area (Å²) in [4.78, 5) is 12.2. The topological polar surface area (TPSA) is 93.7 Å². The molecule has 0 aliphatic heterocycles. The number of amides is 1. The molecule has 2 aromatic rings. The number of nitrogens with one attached hydrogen (secondary N) is 2. The van der Waals surface area contributed by atoms with Crippen molar-refractivity contribution in [1.82, 2.24) is 4.72 Å². The number of carbonyl (C=O) groups excluding carboxylic acids is 1. The van der Waals surface area contributed by atoms with E-state index in [9.17, 15) is 13.2 Å². The first kappa shape index (κ1) is 21.3. The smallest absolute Gasteiger partial charge is 0.240 e. The molecule has 0 aliphatic carbocycles. The van der Waals surface area contributed by atoms with E-state index in [1.807, 2.05) is 0 Å². The summed E-state index contributed by atoms with van der Waals surface area (Å²) in [6.45, 7) is -0.0904. The molecule has 0 atom stereocenters. The molecule has 7 nitrogen and oxygen atoms in total. The van der Waals surface area contributed by atoms with Crippen molar-refractivity contribution in [2.75, 3.05) is 26.1 Å². The van der Waals surface area contributed by atoms with Gasteiger partial charge in [-0.1, -0.05) is 29.3 Å². The minimum absolute atomic E-state index is 0.0269. The lowest BCUT2D eigenvalue weighted by Gasteiger charge is -2.13. The van der Waals surface area contributed by atoms with Gasteiger partial charge in [0.1, 0.15) is 11.5 Å².